The third-order valence-corrected chi connectivity index (χ3v) is 3.32. The van der Waals surface area contributed by atoms with Gasteiger partial charge in [0.25, 0.3) is 5.91 Å². The SMILES string of the molecule is CC1CN(C(=O)c2ccc(C(=O)O)cc2F)C(C)CO1. The number of hydrogen-bond donors (Lipinski definition) is 1. The van der Waals surface area contributed by atoms with E-state index in [4.69, 9.17) is 9.84 Å². The Labute approximate surface area is 116 Å². The lowest BCUT2D eigenvalue weighted by Crippen LogP contribution is -2.50. The third-order valence-electron chi connectivity index (χ3n) is 3.32. The summed E-state index contributed by atoms with van der Waals surface area (Å²) in [7, 11) is 0. The predicted molar refractivity (Wildman–Crippen MR) is 69.3 cm³/mol. The molecular weight excluding hydrogens is 265 g/mol. The summed E-state index contributed by atoms with van der Waals surface area (Å²) in [5.74, 6) is -2.49. The molecule has 1 aromatic rings. The van der Waals surface area contributed by atoms with Crippen molar-refractivity contribution >= 4 is 11.9 Å². The average Bonchev–Trinajstić information content (AvgIpc) is 2.40. The van der Waals surface area contributed by atoms with Crippen LogP contribution in [0.25, 0.3) is 0 Å². The fourth-order valence-corrected chi connectivity index (χ4v) is 2.16. The zero-order chi connectivity index (χ0) is 14.9. The van der Waals surface area contributed by atoms with Crippen LogP contribution in [0.5, 0.6) is 0 Å². The second-order valence-electron chi connectivity index (χ2n) is 4.95. The van der Waals surface area contributed by atoms with Crippen LogP contribution in [0.2, 0.25) is 0 Å². The smallest absolute Gasteiger partial charge is 0.335 e. The quantitative estimate of drug-likeness (QED) is 0.897. The van der Waals surface area contributed by atoms with Gasteiger partial charge in [-0.3, -0.25) is 4.79 Å². The highest BCUT2D eigenvalue weighted by Gasteiger charge is 2.29. The molecule has 0 aromatic heterocycles. The maximum Gasteiger partial charge on any atom is 0.335 e. The van der Waals surface area contributed by atoms with Gasteiger partial charge in [-0.2, -0.15) is 0 Å². The first kappa shape index (κ1) is 14.5. The number of rotatable bonds is 2. The highest BCUT2D eigenvalue weighted by molar-refractivity contribution is 5.96. The molecule has 2 unspecified atom stereocenters. The van der Waals surface area contributed by atoms with E-state index in [0.29, 0.717) is 13.2 Å². The lowest BCUT2D eigenvalue weighted by Gasteiger charge is -2.36. The Morgan fingerprint density at radius 1 is 1.40 bits per heavy atom. The number of nitrogens with zero attached hydrogens (tertiary/aromatic N) is 1. The van der Waals surface area contributed by atoms with Crippen LogP contribution in [-0.2, 0) is 4.74 Å². The molecule has 1 aromatic carbocycles. The van der Waals surface area contributed by atoms with Crippen LogP contribution >= 0.6 is 0 Å². The van der Waals surface area contributed by atoms with E-state index in [0.717, 1.165) is 6.07 Å². The number of ether oxygens (including phenoxy) is 1. The zero-order valence-electron chi connectivity index (χ0n) is 11.3. The minimum absolute atomic E-state index is 0.100. The van der Waals surface area contributed by atoms with Crippen molar-refractivity contribution < 1.29 is 23.8 Å². The van der Waals surface area contributed by atoms with Crippen LogP contribution in [0.3, 0.4) is 0 Å². The Bertz CT molecular complexity index is 546. The van der Waals surface area contributed by atoms with E-state index in [2.05, 4.69) is 0 Å². The molecule has 1 amide bonds. The average molecular weight is 281 g/mol. The lowest BCUT2D eigenvalue weighted by molar-refractivity contribution is -0.0388. The summed E-state index contributed by atoms with van der Waals surface area (Å²) in [5, 5.41) is 8.79. The van der Waals surface area contributed by atoms with Crippen LogP contribution in [0.4, 0.5) is 4.39 Å². The van der Waals surface area contributed by atoms with Gasteiger partial charge in [-0.1, -0.05) is 0 Å². The van der Waals surface area contributed by atoms with Gasteiger partial charge in [0, 0.05) is 6.54 Å². The molecule has 0 aliphatic carbocycles. The molecule has 2 rings (SSSR count). The fraction of sp³-hybridized carbons (Fsp3) is 0.429. The van der Waals surface area contributed by atoms with E-state index < -0.39 is 17.7 Å². The van der Waals surface area contributed by atoms with Crippen LogP contribution in [0.15, 0.2) is 18.2 Å². The first-order chi connectivity index (χ1) is 9.40. The van der Waals surface area contributed by atoms with Gasteiger partial charge in [-0.05, 0) is 32.0 Å². The molecule has 5 nitrogen and oxygen atoms in total. The topological polar surface area (TPSA) is 66.8 Å². The highest BCUT2D eigenvalue weighted by atomic mass is 19.1. The summed E-state index contributed by atoms with van der Waals surface area (Å²) < 4.78 is 19.3. The Morgan fingerprint density at radius 3 is 2.70 bits per heavy atom. The minimum Gasteiger partial charge on any atom is -0.478 e. The van der Waals surface area contributed by atoms with Gasteiger partial charge < -0.3 is 14.7 Å². The molecule has 0 saturated carbocycles. The van der Waals surface area contributed by atoms with Gasteiger partial charge >= 0.3 is 5.97 Å². The fourth-order valence-electron chi connectivity index (χ4n) is 2.16. The van der Waals surface area contributed by atoms with Gasteiger partial charge in [0.15, 0.2) is 0 Å². The van der Waals surface area contributed by atoms with Gasteiger partial charge in [-0.25, -0.2) is 9.18 Å². The van der Waals surface area contributed by atoms with Crippen molar-refractivity contribution in [1.82, 2.24) is 4.90 Å². The van der Waals surface area contributed by atoms with Crippen molar-refractivity contribution in [3.8, 4) is 0 Å². The first-order valence-corrected chi connectivity index (χ1v) is 6.35. The van der Waals surface area contributed by atoms with Crippen molar-refractivity contribution in [2.45, 2.75) is 26.0 Å². The number of carboxylic acids is 1. The normalized spacial score (nSPS) is 22.6. The van der Waals surface area contributed by atoms with Gasteiger partial charge in [0.2, 0.25) is 0 Å². The Hall–Kier alpha value is -1.95. The molecule has 1 aliphatic rings. The molecule has 2 atom stereocenters. The number of carbonyl (C=O) groups is 2. The Morgan fingerprint density at radius 2 is 2.10 bits per heavy atom. The second-order valence-corrected chi connectivity index (χ2v) is 4.95. The number of benzene rings is 1. The zero-order valence-corrected chi connectivity index (χ0v) is 11.3. The van der Waals surface area contributed by atoms with Gasteiger partial charge in [0.1, 0.15) is 5.82 Å². The summed E-state index contributed by atoms with van der Waals surface area (Å²) in [5.41, 5.74) is -0.293. The van der Waals surface area contributed by atoms with Crippen LogP contribution < -0.4 is 0 Å². The summed E-state index contributed by atoms with van der Waals surface area (Å²) in [6.45, 7) is 4.46. The number of aromatic carboxylic acids is 1. The molecule has 1 fully saturated rings. The van der Waals surface area contributed by atoms with Crippen molar-refractivity contribution in [3.05, 3.63) is 35.1 Å². The standard InChI is InChI=1S/C14H16FNO4/c1-8-7-20-9(2)6-16(8)13(17)11-4-3-10(14(18)19)5-12(11)15/h3-5,8-9H,6-7H2,1-2H3,(H,18,19). The summed E-state index contributed by atoms with van der Waals surface area (Å²) in [4.78, 5) is 24.6. The molecule has 1 heterocycles. The van der Waals surface area contributed by atoms with E-state index in [1.54, 1.807) is 4.90 Å². The molecular formula is C14H16FNO4. The van der Waals surface area contributed by atoms with E-state index in [9.17, 15) is 14.0 Å². The van der Waals surface area contributed by atoms with E-state index in [1.165, 1.54) is 12.1 Å². The van der Waals surface area contributed by atoms with Gasteiger partial charge in [-0.15, -0.1) is 0 Å². The first-order valence-electron chi connectivity index (χ1n) is 6.35. The minimum atomic E-state index is -1.23. The van der Waals surface area contributed by atoms with Crippen molar-refractivity contribution in [1.29, 1.82) is 0 Å². The summed E-state index contributed by atoms with van der Waals surface area (Å²) >= 11 is 0. The molecule has 1 saturated heterocycles. The van der Waals surface area contributed by atoms with Crippen LogP contribution in [-0.4, -0.2) is 47.2 Å². The summed E-state index contributed by atoms with van der Waals surface area (Å²) in [6, 6.07) is 3.17. The van der Waals surface area contributed by atoms with Gasteiger partial charge in [0.05, 0.1) is 29.9 Å². The molecule has 6 heteroatoms. The number of morpholine rings is 1. The van der Waals surface area contributed by atoms with Crippen LogP contribution in [0.1, 0.15) is 34.6 Å². The summed E-state index contributed by atoms with van der Waals surface area (Å²) in [6.07, 6.45) is -0.100. The molecule has 1 aliphatic heterocycles. The van der Waals surface area contributed by atoms with E-state index >= 15 is 0 Å². The monoisotopic (exact) mass is 281 g/mol. The predicted octanol–water partition coefficient (Wildman–Crippen LogP) is 1.77. The Balaban J connectivity index is 2.26. The maximum atomic E-state index is 13.9. The van der Waals surface area contributed by atoms with Crippen molar-refractivity contribution in [2.75, 3.05) is 13.2 Å². The maximum absolute atomic E-state index is 13.9. The second kappa shape index (κ2) is 5.58. The van der Waals surface area contributed by atoms with E-state index in [1.807, 2.05) is 13.8 Å². The number of halogens is 1. The number of hydrogen-bond acceptors (Lipinski definition) is 3. The lowest BCUT2D eigenvalue weighted by atomic mass is 10.1. The molecule has 20 heavy (non-hydrogen) atoms. The highest BCUT2D eigenvalue weighted by Crippen LogP contribution is 2.18. The van der Waals surface area contributed by atoms with Crippen molar-refractivity contribution in [3.63, 3.8) is 0 Å². The van der Waals surface area contributed by atoms with E-state index in [-0.39, 0.29) is 23.3 Å². The molecule has 108 valence electrons. The molecule has 0 spiro atoms. The van der Waals surface area contributed by atoms with Crippen molar-refractivity contribution in [2.24, 2.45) is 0 Å². The Kier molecular flexibility index (Phi) is 4.04. The molecule has 0 bridgehead atoms. The number of carboxylic acid groups (broad SMARTS) is 1. The number of amides is 1. The third kappa shape index (κ3) is 2.80. The largest absolute Gasteiger partial charge is 0.478 e. The molecule has 1 N–H and O–H groups in total. The number of carbonyl (C=O) groups excluding carboxylic acids is 1. The van der Waals surface area contributed by atoms with Crippen LogP contribution in [0, 0.1) is 5.82 Å². The molecule has 0 radical (unpaired) electrons.